The molecule has 0 saturated carbocycles. The van der Waals surface area contributed by atoms with Crippen LogP contribution in [0.4, 0.5) is 0 Å². The van der Waals surface area contributed by atoms with Crippen molar-refractivity contribution in [1.29, 1.82) is 0 Å². The summed E-state index contributed by atoms with van der Waals surface area (Å²) in [4.78, 5) is 10.1. The van der Waals surface area contributed by atoms with Gasteiger partial charge in [0.05, 0.1) is 6.42 Å². The van der Waals surface area contributed by atoms with Crippen LogP contribution in [0, 0.1) is 0 Å². The van der Waals surface area contributed by atoms with Crippen molar-refractivity contribution in [2.75, 3.05) is 13.6 Å². The van der Waals surface area contributed by atoms with Gasteiger partial charge < -0.3 is 16.2 Å². The third-order valence-corrected chi connectivity index (χ3v) is 1.44. The first-order valence-corrected chi connectivity index (χ1v) is 3.78. The van der Waals surface area contributed by atoms with Crippen LogP contribution in [0.25, 0.3) is 0 Å². The molecule has 1 unspecified atom stereocenters. The lowest BCUT2D eigenvalue weighted by atomic mass is 10.1. The second kappa shape index (κ2) is 6.12. The van der Waals surface area contributed by atoms with Crippen molar-refractivity contribution >= 4 is 5.97 Å². The molecule has 4 N–H and O–H groups in total. The molecular formula is C7H16N2O2. The lowest BCUT2D eigenvalue weighted by Gasteiger charge is -2.07. The SMILES string of the molecule is CNCCCC(N)CC(=O)O. The van der Waals surface area contributed by atoms with Crippen LogP contribution in [-0.2, 0) is 4.79 Å². The van der Waals surface area contributed by atoms with Gasteiger partial charge in [-0.3, -0.25) is 4.79 Å². The topological polar surface area (TPSA) is 75.3 Å². The predicted molar refractivity (Wildman–Crippen MR) is 43.4 cm³/mol. The van der Waals surface area contributed by atoms with Crippen molar-refractivity contribution in [2.24, 2.45) is 5.73 Å². The number of hydrogen-bond acceptors (Lipinski definition) is 3. The van der Waals surface area contributed by atoms with Gasteiger partial charge >= 0.3 is 5.97 Å². The Kier molecular flexibility index (Phi) is 5.78. The predicted octanol–water partition coefficient (Wildman–Crippen LogP) is -0.212. The zero-order chi connectivity index (χ0) is 8.69. The summed E-state index contributed by atoms with van der Waals surface area (Å²) >= 11 is 0. The van der Waals surface area contributed by atoms with E-state index in [0.717, 1.165) is 19.4 Å². The molecule has 4 heteroatoms. The minimum absolute atomic E-state index is 0.0731. The van der Waals surface area contributed by atoms with Crippen molar-refractivity contribution in [2.45, 2.75) is 25.3 Å². The van der Waals surface area contributed by atoms with Crippen LogP contribution >= 0.6 is 0 Å². The molecule has 0 bridgehead atoms. The molecule has 0 saturated heterocycles. The molecule has 1 atom stereocenters. The molecule has 0 aliphatic carbocycles. The number of aliphatic carboxylic acids is 1. The average Bonchev–Trinajstić information content (AvgIpc) is 1.86. The molecule has 0 aromatic carbocycles. The smallest absolute Gasteiger partial charge is 0.304 e. The normalized spacial score (nSPS) is 12.9. The number of nitrogens with two attached hydrogens (primary N) is 1. The Hall–Kier alpha value is -0.610. The van der Waals surface area contributed by atoms with Gasteiger partial charge in [0.25, 0.3) is 0 Å². The maximum atomic E-state index is 10.1. The fourth-order valence-corrected chi connectivity index (χ4v) is 0.867. The van der Waals surface area contributed by atoms with Gasteiger partial charge in [-0.1, -0.05) is 0 Å². The summed E-state index contributed by atoms with van der Waals surface area (Å²) in [5.41, 5.74) is 5.51. The second-order valence-electron chi connectivity index (χ2n) is 2.60. The monoisotopic (exact) mass is 160 g/mol. The molecule has 4 nitrogen and oxygen atoms in total. The molecule has 0 aliphatic rings. The van der Waals surface area contributed by atoms with Crippen LogP contribution in [0.15, 0.2) is 0 Å². The maximum absolute atomic E-state index is 10.1. The van der Waals surface area contributed by atoms with E-state index in [-0.39, 0.29) is 12.5 Å². The van der Waals surface area contributed by atoms with Crippen LogP contribution in [0.1, 0.15) is 19.3 Å². The third kappa shape index (κ3) is 7.29. The van der Waals surface area contributed by atoms with Gasteiger partial charge in [-0.05, 0) is 26.4 Å². The van der Waals surface area contributed by atoms with E-state index < -0.39 is 5.97 Å². The van der Waals surface area contributed by atoms with E-state index in [1.807, 2.05) is 7.05 Å². The van der Waals surface area contributed by atoms with Gasteiger partial charge in [-0.25, -0.2) is 0 Å². The van der Waals surface area contributed by atoms with Crippen LogP contribution in [0.3, 0.4) is 0 Å². The fraction of sp³-hybridized carbons (Fsp3) is 0.857. The first-order valence-electron chi connectivity index (χ1n) is 3.78. The lowest BCUT2D eigenvalue weighted by molar-refractivity contribution is -0.137. The van der Waals surface area contributed by atoms with Crippen molar-refractivity contribution < 1.29 is 9.90 Å². The Morgan fingerprint density at radius 2 is 2.36 bits per heavy atom. The van der Waals surface area contributed by atoms with Crippen LogP contribution in [0.2, 0.25) is 0 Å². The zero-order valence-corrected chi connectivity index (χ0v) is 6.84. The number of carboxylic acid groups (broad SMARTS) is 1. The summed E-state index contributed by atoms with van der Waals surface area (Å²) < 4.78 is 0. The van der Waals surface area contributed by atoms with E-state index in [1.165, 1.54) is 0 Å². The molecule has 0 fully saturated rings. The highest BCUT2D eigenvalue weighted by Crippen LogP contribution is 1.97. The van der Waals surface area contributed by atoms with E-state index in [2.05, 4.69) is 5.32 Å². The highest BCUT2D eigenvalue weighted by Gasteiger charge is 2.06. The van der Waals surface area contributed by atoms with Gasteiger partial charge in [-0.2, -0.15) is 0 Å². The van der Waals surface area contributed by atoms with E-state index in [1.54, 1.807) is 0 Å². The Labute approximate surface area is 66.8 Å². The van der Waals surface area contributed by atoms with Gasteiger partial charge in [0.1, 0.15) is 0 Å². The van der Waals surface area contributed by atoms with Gasteiger partial charge in [0.2, 0.25) is 0 Å². The molecule has 0 aromatic rings. The molecule has 0 spiro atoms. The van der Waals surface area contributed by atoms with Crippen LogP contribution in [-0.4, -0.2) is 30.7 Å². The first-order chi connectivity index (χ1) is 5.16. The highest BCUT2D eigenvalue weighted by molar-refractivity contribution is 5.67. The van der Waals surface area contributed by atoms with Crippen LogP contribution < -0.4 is 11.1 Å². The lowest BCUT2D eigenvalue weighted by Crippen LogP contribution is -2.24. The number of hydrogen-bond donors (Lipinski definition) is 3. The van der Waals surface area contributed by atoms with Crippen LogP contribution in [0.5, 0.6) is 0 Å². The van der Waals surface area contributed by atoms with E-state index in [4.69, 9.17) is 10.8 Å². The summed E-state index contributed by atoms with van der Waals surface area (Å²) in [6, 6.07) is -0.194. The third-order valence-electron chi connectivity index (χ3n) is 1.44. The largest absolute Gasteiger partial charge is 0.481 e. The second-order valence-corrected chi connectivity index (χ2v) is 2.60. The molecular weight excluding hydrogens is 144 g/mol. The van der Waals surface area contributed by atoms with E-state index in [9.17, 15) is 4.79 Å². The Bertz CT molecular complexity index is 117. The molecule has 0 amide bonds. The number of nitrogens with one attached hydrogen (secondary N) is 1. The summed E-state index contributed by atoms with van der Waals surface area (Å²) in [7, 11) is 1.86. The Balaban J connectivity index is 3.22. The Morgan fingerprint density at radius 3 is 2.82 bits per heavy atom. The highest BCUT2D eigenvalue weighted by atomic mass is 16.4. The first kappa shape index (κ1) is 10.4. The quantitative estimate of drug-likeness (QED) is 0.470. The van der Waals surface area contributed by atoms with E-state index >= 15 is 0 Å². The molecule has 11 heavy (non-hydrogen) atoms. The number of carboxylic acids is 1. The fourth-order valence-electron chi connectivity index (χ4n) is 0.867. The summed E-state index contributed by atoms with van der Waals surface area (Å²) in [6.07, 6.45) is 1.78. The van der Waals surface area contributed by atoms with Crippen molar-refractivity contribution in [3.63, 3.8) is 0 Å². The molecule has 0 rings (SSSR count). The van der Waals surface area contributed by atoms with Crippen molar-refractivity contribution in [3.05, 3.63) is 0 Å². The molecule has 0 heterocycles. The number of rotatable bonds is 6. The van der Waals surface area contributed by atoms with Crippen molar-refractivity contribution in [1.82, 2.24) is 5.32 Å². The molecule has 0 aliphatic heterocycles. The zero-order valence-electron chi connectivity index (χ0n) is 6.84. The molecule has 0 radical (unpaired) electrons. The molecule has 0 aromatic heterocycles. The average molecular weight is 160 g/mol. The maximum Gasteiger partial charge on any atom is 0.304 e. The van der Waals surface area contributed by atoms with Gasteiger partial charge in [0, 0.05) is 6.04 Å². The summed E-state index contributed by atoms with van der Waals surface area (Å²) in [5.74, 6) is -0.818. The van der Waals surface area contributed by atoms with E-state index in [0.29, 0.717) is 0 Å². The number of carbonyl (C=O) groups is 1. The summed E-state index contributed by atoms with van der Waals surface area (Å²) in [6.45, 7) is 0.896. The van der Waals surface area contributed by atoms with Crippen molar-refractivity contribution in [3.8, 4) is 0 Å². The van der Waals surface area contributed by atoms with Gasteiger partial charge in [0.15, 0.2) is 0 Å². The Morgan fingerprint density at radius 1 is 1.73 bits per heavy atom. The summed E-state index contributed by atoms with van der Waals surface area (Å²) in [5, 5.41) is 11.3. The molecule has 66 valence electrons. The minimum atomic E-state index is -0.818. The minimum Gasteiger partial charge on any atom is -0.481 e. The van der Waals surface area contributed by atoms with Gasteiger partial charge in [-0.15, -0.1) is 0 Å². The standard InChI is InChI=1S/C7H16N2O2/c1-9-4-2-3-6(8)5-7(10)11/h6,9H,2-5,8H2,1H3,(H,10,11).